The van der Waals surface area contributed by atoms with Crippen molar-refractivity contribution in [2.24, 2.45) is 0 Å². The molecule has 31 heavy (non-hydrogen) atoms. The Morgan fingerprint density at radius 1 is 0.871 bits per heavy atom. The van der Waals surface area contributed by atoms with E-state index in [2.05, 4.69) is 10.3 Å². The third-order valence-electron chi connectivity index (χ3n) is 4.40. The van der Waals surface area contributed by atoms with E-state index in [1.165, 1.54) is 0 Å². The summed E-state index contributed by atoms with van der Waals surface area (Å²) in [5, 5.41) is 4.46. The van der Waals surface area contributed by atoms with Crippen molar-refractivity contribution < 1.29 is 14.2 Å². The van der Waals surface area contributed by atoms with E-state index in [0.29, 0.717) is 41.5 Å². The largest absolute Gasteiger partial charge is 0.490 e. The molecule has 0 atom stereocenters. The highest BCUT2D eigenvalue weighted by atomic mass is 35.5. The van der Waals surface area contributed by atoms with Crippen LogP contribution >= 0.6 is 23.2 Å². The van der Waals surface area contributed by atoms with Crippen LogP contribution in [0.1, 0.15) is 24.5 Å². The summed E-state index contributed by atoms with van der Waals surface area (Å²) in [5.74, 6) is 2.07. The van der Waals surface area contributed by atoms with E-state index in [4.69, 9.17) is 37.4 Å². The predicted molar refractivity (Wildman–Crippen MR) is 124 cm³/mol. The van der Waals surface area contributed by atoms with Gasteiger partial charge in [-0.3, -0.25) is 0 Å². The summed E-state index contributed by atoms with van der Waals surface area (Å²) in [4.78, 5) is 4.14. The number of rotatable bonds is 12. The molecule has 5 nitrogen and oxygen atoms in total. The Morgan fingerprint density at radius 3 is 2.52 bits per heavy atom. The Labute approximate surface area is 193 Å². The van der Waals surface area contributed by atoms with Crippen molar-refractivity contribution in [3.8, 4) is 17.4 Å². The lowest BCUT2D eigenvalue weighted by Crippen LogP contribution is -2.17. The second-order valence-electron chi connectivity index (χ2n) is 6.80. The molecule has 0 aliphatic rings. The Balaban J connectivity index is 1.46. The highest BCUT2D eigenvalue weighted by Gasteiger charge is 2.08. The Kier molecular flexibility index (Phi) is 9.28. The molecule has 0 unspecified atom stereocenters. The van der Waals surface area contributed by atoms with Crippen LogP contribution in [0.3, 0.4) is 0 Å². The van der Waals surface area contributed by atoms with Crippen molar-refractivity contribution in [1.29, 1.82) is 0 Å². The van der Waals surface area contributed by atoms with Gasteiger partial charge in [0.15, 0.2) is 11.5 Å². The molecule has 0 amide bonds. The predicted octanol–water partition coefficient (Wildman–Crippen LogP) is 5.92. The summed E-state index contributed by atoms with van der Waals surface area (Å²) < 4.78 is 17.3. The quantitative estimate of drug-likeness (QED) is 0.339. The average Bonchev–Trinajstić information content (AvgIpc) is 2.79. The fraction of sp³-hybridized carbons (Fsp3) is 0.292. The van der Waals surface area contributed by atoms with Gasteiger partial charge in [-0.15, -0.1) is 0 Å². The number of hydrogen-bond donors (Lipinski definition) is 1. The molecule has 0 fully saturated rings. The standard InChI is InChI=1S/C24H26Cl2N2O3/c1-2-29-23-15-18(16-27-11-5-13-30-24-6-3-4-12-28-24)8-10-22(23)31-17-19-7-9-20(25)21(26)14-19/h3-4,6-10,12,14-15,27H,2,5,11,13,16-17H2,1H3. The molecular weight excluding hydrogens is 435 g/mol. The third kappa shape index (κ3) is 7.62. The average molecular weight is 461 g/mol. The summed E-state index contributed by atoms with van der Waals surface area (Å²) in [6.07, 6.45) is 2.61. The first-order chi connectivity index (χ1) is 15.2. The van der Waals surface area contributed by atoms with Crippen LogP contribution < -0.4 is 19.5 Å². The number of halogens is 2. The molecule has 1 aromatic heterocycles. The smallest absolute Gasteiger partial charge is 0.213 e. The number of nitrogens with zero attached hydrogens (tertiary/aromatic N) is 1. The molecule has 0 bridgehead atoms. The van der Waals surface area contributed by atoms with Crippen molar-refractivity contribution in [3.63, 3.8) is 0 Å². The van der Waals surface area contributed by atoms with Crippen LogP contribution in [0.2, 0.25) is 10.0 Å². The first-order valence-electron chi connectivity index (χ1n) is 10.2. The second kappa shape index (κ2) is 12.4. The van der Waals surface area contributed by atoms with E-state index in [-0.39, 0.29) is 0 Å². The van der Waals surface area contributed by atoms with Crippen LogP contribution in [0.4, 0.5) is 0 Å². The third-order valence-corrected chi connectivity index (χ3v) is 5.14. The molecule has 2 aromatic carbocycles. The highest BCUT2D eigenvalue weighted by molar-refractivity contribution is 6.42. The lowest BCUT2D eigenvalue weighted by Gasteiger charge is -2.14. The van der Waals surface area contributed by atoms with Crippen molar-refractivity contribution in [1.82, 2.24) is 10.3 Å². The second-order valence-corrected chi connectivity index (χ2v) is 7.61. The molecular formula is C24H26Cl2N2O3. The van der Waals surface area contributed by atoms with Gasteiger partial charge in [0.2, 0.25) is 5.88 Å². The van der Waals surface area contributed by atoms with E-state index in [1.807, 2.05) is 49.4 Å². The molecule has 0 saturated heterocycles. The molecule has 0 saturated carbocycles. The van der Waals surface area contributed by atoms with E-state index < -0.39 is 0 Å². The fourth-order valence-electron chi connectivity index (χ4n) is 2.88. The normalized spacial score (nSPS) is 10.7. The summed E-state index contributed by atoms with van der Waals surface area (Å²) in [7, 11) is 0. The molecule has 7 heteroatoms. The molecule has 0 spiro atoms. The lowest BCUT2D eigenvalue weighted by atomic mass is 10.2. The first kappa shape index (κ1) is 23.2. The van der Waals surface area contributed by atoms with Gasteiger partial charge >= 0.3 is 0 Å². The van der Waals surface area contributed by atoms with Gasteiger partial charge < -0.3 is 19.5 Å². The van der Waals surface area contributed by atoms with E-state index in [0.717, 1.165) is 36.4 Å². The van der Waals surface area contributed by atoms with Crippen molar-refractivity contribution >= 4 is 23.2 Å². The Morgan fingerprint density at radius 2 is 1.74 bits per heavy atom. The minimum atomic E-state index is 0.380. The van der Waals surface area contributed by atoms with E-state index in [1.54, 1.807) is 18.3 Å². The van der Waals surface area contributed by atoms with Crippen molar-refractivity contribution in [2.45, 2.75) is 26.5 Å². The maximum atomic E-state index is 6.08. The Hall–Kier alpha value is -2.47. The minimum Gasteiger partial charge on any atom is -0.490 e. The van der Waals surface area contributed by atoms with Crippen LogP contribution in [0.15, 0.2) is 60.8 Å². The summed E-state index contributed by atoms with van der Waals surface area (Å²) in [6, 6.07) is 17.1. The molecule has 1 heterocycles. The highest BCUT2D eigenvalue weighted by Crippen LogP contribution is 2.30. The zero-order chi connectivity index (χ0) is 21.9. The van der Waals surface area contributed by atoms with Crippen LogP contribution in [0, 0.1) is 0 Å². The van der Waals surface area contributed by atoms with Crippen LogP contribution in [-0.2, 0) is 13.2 Å². The summed E-state index contributed by atoms with van der Waals surface area (Å²) in [5.41, 5.74) is 2.06. The molecule has 164 valence electrons. The number of hydrogen-bond acceptors (Lipinski definition) is 5. The number of nitrogens with one attached hydrogen (secondary N) is 1. The molecule has 1 N–H and O–H groups in total. The van der Waals surface area contributed by atoms with Gasteiger partial charge in [0.05, 0.1) is 23.3 Å². The van der Waals surface area contributed by atoms with Crippen LogP contribution in [0.25, 0.3) is 0 Å². The molecule has 0 aliphatic heterocycles. The topological polar surface area (TPSA) is 52.6 Å². The number of ether oxygens (including phenoxy) is 3. The van der Waals surface area contributed by atoms with Gasteiger partial charge in [-0.1, -0.05) is 41.4 Å². The van der Waals surface area contributed by atoms with Crippen LogP contribution in [-0.4, -0.2) is 24.7 Å². The van der Waals surface area contributed by atoms with Gasteiger partial charge in [-0.2, -0.15) is 0 Å². The van der Waals surface area contributed by atoms with Gasteiger partial charge in [-0.25, -0.2) is 4.98 Å². The summed E-state index contributed by atoms with van der Waals surface area (Å²) >= 11 is 12.0. The number of pyridine rings is 1. The number of aromatic nitrogens is 1. The monoisotopic (exact) mass is 460 g/mol. The van der Waals surface area contributed by atoms with Crippen molar-refractivity contribution in [2.75, 3.05) is 19.8 Å². The molecule has 0 aliphatic carbocycles. The molecule has 0 radical (unpaired) electrons. The molecule has 3 aromatic rings. The number of benzene rings is 2. The lowest BCUT2D eigenvalue weighted by molar-refractivity contribution is 0.269. The zero-order valence-corrected chi connectivity index (χ0v) is 19.0. The zero-order valence-electron chi connectivity index (χ0n) is 17.4. The van der Waals surface area contributed by atoms with Gasteiger partial charge in [0, 0.05) is 18.8 Å². The minimum absolute atomic E-state index is 0.380. The van der Waals surface area contributed by atoms with Gasteiger partial charge in [0.1, 0.15) is 6.61 Å². The molecule has 3 rings (SSSR count). The van der Waals surface area contributed by atoms with E-state index >= 15 is 0 Å². The van der Waals surface area contributed by atoms with Crippen LogP contribution in [0.5, 0.6) is 17.4 Å². The van der Waals surface area contributed by atoms with Gasteiger partial charge in [0.25, 0.3) is 0 Å². The van der Waals surface area contributed by atoms with E-state index in [9.17, 15) is 0 Å². The van der Waals surface area contributed by atoms with Crippen molar-refractivity contribution in [3.05, 3.63) is 82.0 Å². The van der Waals surface area contributed by atoms with Gasteiger partial charge in [-0.05, 0) is 61.3 Å². The summed E-state index contributed by atoms with van der Waals surface area (Å²) in [6.45, 7) is 5.09. The fourth-order valence-corrected chi connectivity index (χ4v) is 3.20. The first-order valence-corrected chi connectivity index (χ1v) is 11.0. The SMILES string of the molecule is CCOc1cc(CNCCCOc2ccccn2)ccc1OCc1ccc(Cl)c(Cl)c1. The maximum absolute atomic E-state index is 6.08. The Bertz CT molecular complexity index is 955. The maximum Gasteiger partial charge on any atom is 0.213 e.